The van der Waals surface area contributed by atoms with Crippen molar-refractivity contribution >= 4 is 21.4 Å². The highest BCUT2D eigenvalue weighted by Gasteiger charge is 2.00. The second-order valence-electron chi connectivity index (χ2n) is 4.89. The van der Waals surface area contributed by atoms with Gasteiger partial charge in [-0.15, -0.1) is 17.9 Å². The first-order valence-electron chi connectivity index (χ1n) is 6.57. The molecule has 96 valence electrons. The molecule has 0 radical (unpaired) electrons. The van der Waals surface area contributed by atoms with E-state index in [0.29, 0.717) is 0 Å². The van der Waals surface area contributed by atoms with Crippen molar-refractivity contribution in [2.24, 2.45) is 5.92 Å². The number of nitrogens with one attached hydrogen (secondary N) is 1. The molecule has 0 spiro atoms. The second-order valence-corrected chi connectivity index (χ2v) is 5.84. The van der Waals surface area contributed by atoms with Crippen molar-refractivity contribution in [1.29, 1.82) is 0 Å². The van der Waals surface area contributed by atoms with Crippen LogP contribution in [0.15, 0.2) is 42.3 Å². The number of benzene rings is 1. The molecule has 0 saturated heterocycles. The predicted molar refractivity (Wildman–Crippen MR) is 82.1 cm³/mol. The maximum absolute atomic E-state index is 3.78. The average Bonchev–Trinajstić information content (AvgIpc) is 2.82. The van der Waals surface area contributed by atoms with Gasteiger partial charge in [-0.25, -0.2) is 0 Å². The fourth-order valence-electron chi connectivity index (χ4n) is 2.11. The van der Waals surface area contributed by atoms with Crippen LogP contribution in [0.3, 0.4) is 0 Å². The van der Waals surface area contributed by atoms with Gasteiger partial charge in [0.05, 0.1) is 0 Å². The van der Waals surface area contributed by atoms with Crippen LogP contribution in [-0.2, 0) is 6.54 Å². The SMILES string of the molecule is C=CCC(C)CCNCc1ccc2sccc2c1. The molecule has 1 aromatic heterocycles. The zero-order valence-electron chi connectivity index (χ0n) is 11.0. The van der Waals surface area contributed by atoms with Crippen LogP contribution >= 0.6 is 11.3 Å². The van der Waals surface area contributed by atoms with E-state index in [1.807, 2.05) is 6.08 Å². The fraction of sp³-hybridized carbons (Fsp3) is 0.375. The summed E-state index contributed by atoms with van der Waals surface area (Å²) in [4.78, 5) is 0. The van der Waals surface area contributed by atoms with Crippen molar-refractivity contribution in [2.45, 2.75) is 26.3 Å². The number of hydrogen-bond acceptors (Lipinski definition) is 2. The van der Waals surface area contributed by atoms with Gasteiger partial charge in [-0.05, 0) is 59.8 Å². The Balaban J connectivity index is 1.77. The highest BCUT2D eigenvalue weighted by molar-refractivity contribution is 7.17. The molecule has 1 unspecified atom stereocenters. The van der Waals surface area contributed by atoms with E-state index in [0.717, 1.165) is 25.4 Å². The number of fused-ring (bicyclic) bond motifs is 1. The van der Waals surface area contributed by atoms with Crippen LogP contribution < -0.4 is 5.32 Å². The Morgan fingerprint density at radius 2 is 2.28 bits per heavy atom. The van der Waals surface area contributed by atoms with Gasteiger partial charge < -0.3 is 5.32 Å². The molecule has 1 atom stereocenters. The Morgan fingerprint density at radius 3 is 3.11 bits per heavy atom. The molecule has 2 heteroatoms. The average molecular weight is 259 g/mol. The molecule has 1 N–H and O–H groups in total. The van der Waals surface area contributed by atoms with Crippen molar-refractivity contribution in [2.75, 3.05) is 6.54 Å². The monoisotopic (exact) mass is 259 g/mol. The van der Waals surface area contributed by atoms with Crippen LogP contribution in [0.5, 0.6) is 0 Å². The Morgan fingerprint density at radius 1 is 1.39 bits per heavy atom. The molecule has 1 nitrogen and oxygen atoms in total. The van der Waals surface area contributed by atoms with Crippen LogP contribution in [0.25, 0.3) is 10.1 Å². The molecule has 0 aliphatic heterocycles. The first-order chi connectivity index (χ1) is 8.79. The van der Waals surface area contributed by atoms with Gasteiger partial charge in [0.25, 0.3) is 0 Å². The topological polar surface area (TPSA) is 12.0 Å². The van der Waals surface area contributed by atoms with Crippen molar-refractivity contribution < 1.29 is 0 Å². The summed E-state index contributed by atoms with van der Waals surface area (Å²) in [6, 6.07) is 8.91. The first-order valence-corrected chi connectivity index (χ1v) is 7.45. The van der Waals surface area contributed by atoms with Gasteiger partial charge in [0.1, 0.15) is 0 Å². The van der Waals surface area contributed by atoms with E-state index in [-0.39, 0.29) is 0 Å². The number of rotatable bonds is 7. The maximum Gasteiger partial charge on any atom is 0.0342 e. The summed E-state index contributed by atoms with van der Waals surface area (Å²) in [5.41, 5.74) is 1.37. The number of allylic oxidation sites excluding steroid dienone is 1. The van der Waals surface area contributed by atoms with Crippen LogP contribution in [-0.4, -0.2) is 6.54 Å². The molecular weight excluding hydrogens is 238 g/mol. The lowest BCUT2D eigenvalue weighted by Crippen LogP contribution is -2.16. The zero-order chi connectivity index (χ0) is 12.8. The second kappa shape index (κ2) is 6.72. The summed E-state index contributed by atoms with van der Waals surface area (Å²) >= 11 is 1.80. The summed E-state index contributed by atoms with van der Waals surface area (Å²) in [7, 11) is 0. The highest BCUT2D eigenvalue weighted by Crippen LogP contribution is 2.21. The molecule has 1 heterocycles. The van der Waals surface area contributed by atoms with Crippen molar-refractivity contribution in [3.8, 4) is 0 Å². The van der Waals surface area contributed by atoms with Crippen LogP contribution in [0.4, 0.5) is 0 Å². The molecule has 0 amide bonds. The first kappa shape index (κ1) is 13.3. The summed E-state index contributed by atoms with van der Waals surface area (Å²) < 4.78 is 1.37. The van der Waals surface area contributed by atoms with Gasteiger partial charge in [0.15, 0.2) is 0 Å². The van der Waals surface area contributed by atoms with Gasteiger partial charge in [-0.1, -0.05) is 19.1 Å². The minimum absolute atomic E-state index is 0.731. The number of hydrogen-bond donors (Lipinski definition) is 1. The fourth-order valence-corrected chi connectivity index (χ4v) is 2.88. The largest absolute Gasteiger partial charge is 0.313 e. The minimum atomic E-state index is 0.731. The molecule has 2 rings (SSSR count). The molecule has 0 saturated carbocycles. The zero-order valence-corrected chi connectivity index (χ0v) is 11.8. The minimum Gasteiger partial charge on any atom is -0.313 e. The van der Waals surface area contributed by atoms with E-state index >= 15 is 0 Å². The quantitative estimate of drug-likeness (QED) is 0.566. The highest BCUT2D eigenvalue weighted by atomic mass is 32.1. The lowest BCUT2D eigenvalue weighted by molar-refractivity contribution is 0.506. The lowest BCUT2D eigenvalue weighted by atomic mass is 10.0. The molecule has 2 aromatic rings. The van der Waals surface area contributed by atoms with E-state index in [4.69, 9.17) is 0 Å². The van der Waals surface area contributed by atoms with Gasteiger partial charge >= 0.3 is 0 Å². The third kappa shape index (κ3) is 3.69. The summed E-state index contributed by atoms with van der Waals surface area (Å²) in [5, 5.41) is 7.03. The summed E-state index contributed by atoms with van der Waals surface area (Å²) in [6.45, 7) is 8.10. The van der Waals surface area contributed by atoms with Gasteiger partial charge in [0, 0.05) is 11.2 Å². The van der Waals surface area contributed by atoms with E-state index in [1.165, 1.54) is 22.1 Å². The van der Waals surface area contributed by atoms with E-state index in [1.54, 1.807) is 11.3 Å². The Bertz CT molecular complexity index is 501. The lowest BCUT2D eigenvalue weighted by Gasteiger charge is -2.09. The van der Waals surface area contributed by atoms with Gasteiger partial charge in [-0.2, -0.15) is 0 Å². The van der Waals surface area contributed by atoms with Crippen molar-refractivity contribution in [3.05, 3.63) is 47.9 Å². The molecule has 0 fully saturated rings. The van der Waals surface area contributed by atoms with Crippen LogP contribution in [0.2, 0.25) is 0 Å². The van der Waals surface area contributed by atoms with E-state index in [9.17, 15) is 0 Å². The third-order valence-electron chi connectivity index (χ3n) is 3.23. The standard InChI is InChI=1S/C16H21NS/c1-3-4-13(2)7-9-17-12-14-5-6-16-15(11-14)8-10-18-16/h3,5-6,8,10-11,13,17H,1,4,7,9,12H2,2H3. The Hall–Kier alpha value is -1.12. The van der Waals surface area contributed by atoms with Gasteiger partial charge in [-0.3, -0.25) is 0 Å². The summed E-state index contributed by atoms with van der Waals surface area (Å²) in [6.07, 6.45) is 4.34. The number of thiophene rings is 1. The van der Waals surface area contributed by atoms with E-state index in [2.05, 4.69) is 48.5 Å². The Kier molecular flexibility index (Phi) is 4.97. The molecular formula is C16H21NS. The van der Waals surface area contributed by atoms with E-state index < -0.39 is 0 Å². The molecule has 1 aromatic carbocycles. The maximum atomic E-state index is 3.78. The molecule has 0 bridgehead atoms. The smallest absolute Gasteiger partial charge is 0.0342 e. The van der Waals surface area contributed by atoms with Crippen LogP contribution in [0.1, 0.15) is 25.3 Å². The molecule has 0 aliphatic carbocycles. The van der Waals surface area contributed by atoms with Crippen LogP contribution in [0, 0.1) is 5.92 Å². The van der Waals surface area contributed by atoms with Crippen molar-refractivity contribution in [3.63, 3.8) is 0 Å². The van der Waals surface area contributed by atoms with Gasteiger partial charge in [0.2, 0.25) is 0 Å². The third-order valence-corrected chi connectivity index (χ3v) is 4.13. The normalized spacial score (nSPS) is 12.7. The predicted octanol–water partition coefficient (Wildman–Crippen LogP) is 4.59. The Labute approximate surface area is 114 Å². The van der Waals surface area contributed by atoms with Crippen molar-refractivity contribution in [1.82, 2.24) is 5.32 Å². The summed E-state index contributed by atoms with van der Waals surface area (Å²) in [5.74, 6) is 0.731. The molecule has 18 heavy (non-hydrogen) atoms. The molecule has 0 aliphatic rings.